The smallest absolute Gasteiger partial charge is 0.268 e. The molecule has 2 aromatic carbocycles. The fraction of sp³-hybridized carbons (Fsp3) is 0.105. The summed E-state index contributed by atoms with van der Waals surface area (Å²) < 4.78 is 1.59. The lowest BCUT2D eigenvalue weighted by molar-refractivity contribution is 0.816. The molecule has 0 aliphatic carbocycles. The van der Waals surface area contributed by atoms with E-state index in [1.165, 1.54) is 23.5 Å². The number of aromatic nitrogens is 4. The van der Waals surface area contributed by atoms with E-state index < -0.39 is 0 Å². The third-order valence-corrected chi connectivity index (χ3v) is 5.25. The monoisotopic (exact) mass is 382 g/mol. The van der Waals surface area contributed by atoms with Crippen molar-refractivity contribution in [2.45, 2.75) is 17.8 Å². The molecule has 4 rings (SSSR count). The number of H-pyrrole nitrogens is 1. The van der Waals surface area contributed by atoms with E-state index >= 15 is 0 Å². The highest BCUT2D eigenvalue weighted by molar-refractivity contribution is 7.98. The topological polar surface area (TPSA) is 63.6 Å². The van der Waals surface area contributed by atoms with Crippen LogP contribution in [0.4, 0.5) is 0 Å². The Kier molecular flexibility index (Phi) is 4.53. The second kappa shape index (κ2) is 6.97. The molecule has 0 bridgehead atoms. The summed E-state index contributed by atoms with van der Waals surface area (Å²) in [5.74, 6) is 0.701. The van der Waals surface area contributed by atoms with Gasteiger partial charge in [-0.05, 0) is 30.7 Å². The van der Waals surface area contributed by atoms with E-state index in [2.05, 4.69) is 46.4 Å². The van der Waals surface area contributed by atoms with E-state index in [-0.39, 0.29) is 5.56 Å². The van der Waals surface area contributed by atoms with Gasteiger partial charge in [-0.15, -0.1) is 0 Å². The Labute approximate surface area is 159 Å². The summed E-state index contributed by atoms with van der Waals surface area (Å²) in [5.41, 5.74) is 3.38. The summed E-state index contributed by atoms with van der Waals surface area (Å²) in [5, 5.41) is 8.34. The van der Waals surface area contributed by atoms with Crippen molar-refractivity contribution in [3.05, 3.63) is 81.2 Å². The van der Waals surface area contributed by atoms with Gasteiger partial charge >= 0.3 is 0 Å². The third kappa shape index (κ3) is 3.25. The SMILES string of the molecule is Cc1ccc(CSc2nc3[nH]ncc3c(=O)n2-c2cccc(Cl)c2)cc1. The van der Waals surface area contributed by atoms with Crippen LogP contribution in [-0.4, -0.2) is 19.7 Å². The molecule has 26 heavy (non-hydrogen) atoms. The van der Waals surface area contributed by atoms with E-state index in [0.717, 1.165) is 5.56 Å². The average Bonchev–Trinajstić information content (AvgIpc) is 3.10. The van der Waals surface area contributed by atoms with Gasteiger partial charge in [0.2, 0.25) is 0 Å². The molecule has 0 unspecified atom stereocenters. The Morgan fingerprint density at radius 1 is 1.19 bits per heavy atom. The lowest BCUT2D eigenvalue weighted by Gasteiger charge is -2.12. The minimum Gasteiger partial charge on any atom is -0.268 e. The van der Waals surface area contributed by atoms with Crippen LogP contribution in [0.2, 0.25) is 5.02 Å². The minimum absolute atomic E-state index is 0.169. The average molecular weight is 383 g/mol. The maximum atomic E-state index is 13.0. The van der Waals surface area contributed by atoms with Gasteiger partial charge in [-0.2, -0.15) is 5.10 Å². The lowest BCUT2D eigenvalue weighted by atomic mass is 10.2. The van der Waals surface area contributed by atoms with Crippen LogP contribution in [0.3, 0.4) is 0 Å². The largest absolute Gasteiger partial charge is 0.269 e. The van der Waals surface area contributed by atoms with Gasteiger partial charge < -0.3 is 0 Å². The molecule has 0 saturated heterocycles. The zero-order chi connectivity index (χ0) is 18.1. The molecule has 0 saturated carbocycles. The molecule has 130 valence electrons. The minimum atomic E-state index is -0.169. The quantitative estimate of drug-likeness (QED) is 0.420. The standard InChI is InChI=1S/C19H15ClN4OS/c1-12-5-7-13(8-6-12)11-26-19-22-17-16(10-21-23-17)18(25)24(19)15-4-2-3-14(20)9-15/h2-10H,11H2,1H3,(H,21,23). The zero-order valence-corrected chi connectivity index (χ0v) is 15.5. The van der Waals surface area contributed by atoms with E-state index in [4.69, 9.17) is 11.6 Å². The van der Waals surface area contributed by atoms with E-state index in [1.807, 2.05) is 12.1 Å². The number of nitrogens with one attached hydrogen (secondary N) is 1. The Morgan fingerprint density at radius 3 is 2.77 bits per heavy atom. The molecule has 0 amide bonds. The first-order chi connectivity index (χ1) is 12.6. The van der Waals surface area contributed by atoms with Crippen LogP contribution >= 0.6 is 23.4 Å². The van der Waals surface area contributed by atoms with Crippen LogP contribution in [0.1, 0.15) is 11.1 Å². The highest BCUT2D eigenvalue weighted by Gasteiger charge is 2.15. The van der Waals surface area contributed by atoms with Crippen LogP contribution in [0.25, 0.3) is 16.7 Å². The van der Waals surface area contributed by atoms with Gasteiger partial charge in [-0.25, -0.2) is 4.98 Å². The van der Waals surface area contributed by atoms with Gasteiger partial charge in [-0.1, -0.05) is 59.3 Å². The third-order valence-electron chi connectivity index (χ3n) is 4.01. The molecule has 0 atom stereocenters. The van der Waals surface area contributed by atoms with Crippen molar-refractivity contribution < 1.29 is 0 Å². The molecule has 2 heterocycles. The second-order valence-electron chi connectivity index (χ2n) is 5.92. The van der Waals surface area contributed by atoms with Crippen molar-refractivity contribution in [1.29, 1.82) is 0 Å². The number of rotatable bonds is 4. The molecule has 7 heteroatoms. The first-order valence-electron chi connectivity index (χ1n) is 8.02. The van der Waals surface area contributed by atoms with Crippen molar-refractivity contribution in [1.82, 2.24) is 19.7 Å². The Morgan fingerprint density at radius 2 is 2.00 bits per heavy atom. The van der Waals surface area contributed by atoms with Crippen LogP contribution < -0.4 is 5.56 Å². The number of aromatic amines is 1. The normalized spacial score (nSPS) is 11.2. The highest BCUT2D eigenvalue weighted by Crippen LogP contribution is 2.25. The van der Waals surface area contributed by atoms with Crippen LogP contribution in [-0.2, 0) is 5.75 Å². The predicted octanol–water partition coefficient (Wildman–Crippen LogP) is 4.36. The van der Waals surface area contributed by atoms with Crippen molar-refractivity contribution in [2.24, 2.45) is 0 Å². The van der Waals surface area contributed by atoms with E-state index in [1.54, 1.807) is 16.7 Å². The number of hydrogen-bond acceptors (Lipinski definition) is 4. The van der Waals surface area contributed by atoms with E-state index in [0.29, 0.717) is 32.7 Å². The summed E-state index contributed by atoms with van der Waals surface area (Å²) in [6.07, 6.45) is 1.50. The highest BCUT2D eigenvalue weighted by atomic mass is 35.5. The molecule has 0 fully saturated rings. The number of hydrogen-bond donors (Lipinski definition) is 1. The van der Waals surface area contributed by atoms with Crippen LogP contribution in [0.5, 0.6) is 0 Å². The number of halogens is 1. The summed E-state index contributed by atoms with van der Waals surface area (Å²) in [7, 11) is 0. The van der Waals surface area contributed by atoms with Gasteiger partial charge in [0.05, 0.1) is 11.9 Å². The predicted molar refractivity (Wildman–Crippen MR) is 105 cm³/mol. The second-order valence-corrected chi connectivity index (χ2v) is 7.30. The first kappa shape index (κ1) is 16.9. The molecular formula is C19H15ClN4OS. The van der Waals surface area contributed by atoms with Crippen molar-refractivity contribution in [2.75, 3.05) is 0 Å². The van der Waals surface area contributed by atoms with Gasteiger partial charge in [0.25, 0.3) is 5.56 Å². The molecule has 1 N–H and O–H groups in total. The molecule has 0 spiro atoms. The number of aryl methyl sites for hydroxylation is 1. The summed E-state index contributed by atoms with van der Waals surface area (Å²) in [6, 6.07) is 15.5. The fourth-order valence-corrected chi connectivity index (χ4v) is 3.79. The number of benzene rings is 2. The molecule has 0 aliphatic rings. The molecular weight excluding hydrogens is 368 g/mol. The fourth-order valence-electron chi connectivity index (χ4n) is 2.65. The number of nitrogens with zero attached hydrogens (tertiary/aromatic N) is 3. The molecule has 4 aromatic rings. The first-order valence-corrected chi connectivity index (χ1v) is 9.38. The Balaban J connectivity index is 1.80. The summed E-state index contributed by atoms with van der Waals surface area (Å²) >= 11 is 7.62. The van der Waals surface area contributed by atoms with Gasteiger partial charge in [-0.3, -0.25) is 14.5 Å². The van der Waals surface area contributed by atoms with Crippen molar-refractivity contribution in [3.8, 4) is 5.69 Å². The van der Waals surface area contributed by atoms with Crippen LogP contribution in [0.15, 0.2) is 64.7 Å². The van der Waals surface area contributed by atoms with Gasteiger partial charge in [0.15, 0.2) is 10.8 Å². The lowest BCUT2D eigenvalue weighted by Crippen LogP contribution is -2.21. The van der Waals surface area contributed by atoms with Gasteiger partial charge in [0, 0.05) is 10.8 Å². The summed E-state index contributed by atoms with van der Waals surface area (Å²) in [4.78, 5) is 17.6. The molecule has 5 nitrogen and oxygen atoms in total. The number of fused-ring (bicyclic) bond motifs is 1. The van der Waals surface area contributed by atoms with Crippen molar-refractivity contribution >= 4 is 34.4 Å². The zero-order valence-electron chi connectivity index (χ0n) is 13.9. The molecule has 0 radical (unpaired) electrons. The Bertz CT molecular complexity index is 1130. The van der Waals surface area contributed by atoms with Crippen molar-refractivity contribution in [3.63, 3.8) is 0 Å². The molecule has 2 aromatic heterocycles. The summed E-state index contributed by atoms with van der Waals surface area (Å²) in [6.45, 7) is 2.06. The Hall–Kier alpha value is -2.57. The molecule has 0 aliphatic heterocycles. The van der Waals surface area contributed by atoms with Gasteiger partial charge in [0.1, 0.15) is 5.39 Å². The maximum absolute atomic E-state index is 13.0. The maximum Gasteiger partial charge on any atom is 0.269 e. The number of thioether (sulfide) groups is 1. The van der Waals surface area contributed by atoms with E-state index in [9.17, 15) is 4.79 Å². The van der Waals surface area contributed by atoms with Crippen LogP contribution in [0, 0.1) is 6.92 Å².